The number of hydroxylamine groups is 1. The molecule has 0 saturated carbocycles. The number of hydrogen-bond acceptors (Lipinski definition) is 3. The molecular formula is C5H12Cl2N2O. The van der Waals surface area contributed by atoms with Crippen LogP contribution < -0.4 is 11.2 Å². The van der Waals surface area contributed by atoms with E-state index in [4.69, 9.17) is 10.6 Å². The van der Waals surface area contributed by atoms with Crippen LogP contribution in [0, 0.1) is 0 Å². The zero-order valence-electron chi connectivity index (χ0n) is 5.45. The van der Waals surface area contributed by atoms with Gasteiger partial charge in [0.25, 0.3) is 0 Å². The first-order valence-corrected chi connectivity index (χ1v) is 2.66. The molecule has 0 spiro atoms. The van der Waals surface area contributed by atoms with Gasteiger partial charge in [0.2, 0.25) is 0 Å². The summed E-state index contributed by atoms with van der Waals surface area (Å²) in [6.45, 7) is 1.32. The maximum Gasteiger partial charge on any atom is 0.0869 e. The van der Waals surface area contributed by atoms with Crippen LogP contribution in [0.3, 0.4) is 0 Å². The van der Waals surface area contributed by atoms with E-state index in [9.17, 15) is 0 Å². The van der Waals surface area contributed by atoms with Crippen molar-refractivity contribution in [2.24, 2.45) is 5.73 Å². The van der Waals surface area contributed by atoms with Gasteiger partial charge in [0.1, 0.15) is 0 Å². The molecule has 3 N–H and O–H groups in total. The van der Waals surface area contributed by atoms with Crippen LogP contribution >= 0.6 is 24.8 Å². The number of rotatable bonds is 0. The molecule has 0 aromatic heterocycles. The third-order valence-electron chi connectivity index (χ3n) is 0.962. The van der Waals surface area contributed by atoms with Crippen molar-refractivity contribution in [2.45, 2.75) is 6.04 Å². The molecule has 1 unspecified atom stereocenters. The fourth-order valence-electron chi connectivity index (χ4n) is 0.561. The first kappa shape index (κ1) is 12.8. The van der Waals surface area contributed by atoms with Crippen molar-refractivity contribution in [3.8, 4) is 0 Å². The van der Waals surface area contributed by atoms with Crippen LogP contribution in [0.25, 0.3) is 0 Å². The molecule has 0 aliphatic carbocycles. The summed E-state index contributed by atoms with van der Waals surface area (Å²) in [5.41, 5.74) is 8.19. The lowest BCUT2D eigenvalue weighted by Gasteiger charge is -2.01. The molecular weight excluding hydrogens is 175 g/mol. The fourth-order valence-corrected chi connectivity index (χ4v) is 0.561. The normalized spacial score (nSPS) is 23.9. The Morgan fingerprint density at radius 2 is 2.20 bits per heavy atom. The second kappa shape index (κ2) is 7.31. The van der Waals surface area contributed by atoms with Crippen LogP contribution in [0.15, 0.2) is 12.2 Å². The Balaban J connectivity index is 0. The molecule has 1 rings (SSSR count). The molecule has 1 aliphatic heterocycles. The molecule has 0 saturated heterocycles. The Labute approximate surface area is 72.8 Å². The van der Waals surface area contributed by atoms with Crippen LogP contribution in [0.1, 0.15) is 0 Å². The van der Waals surface area contributed by atoms with E-state index in [2.05, 4.69) is 5.48 Å². The summed E-state index contributed by atoms with van der Waals surface area (Å²) in [5.74, 6) is 0. The Bertz CT molecular complexity index is 99.6. The summed E-state index contributed by atoms with van der Waals surface area (Å²) in [6.07, 6.45) is 3.89. The largest absolute Gasteiger partial charge is 0.322 e. The van der Waals surface area contributed by atoms with Crippen LogP contribution in [0.2, 0.25) is 0 Å². The molecule has 62 valence electrons. The van der Waals surface area contributed by atoms with Crippen molar-refractivity contribution in [3.05, 3.63) is 12.2 Å². The van der Waals surface area contributed by atoms with E-state index in [1.54, 1.807) is 0 Å². The Morgan fingerprint density at radius 1 is 1.50 bits per heavy atom. The minimum atomic E-state index is 0. The second-order valence-corrected chi connectivity index (χ2v) is 1.75. The minimum absolute atomic E-state index is 0. The molecule has 0 aromatic carbocycles. The predicted octanol–water partition coefficient (Wildman–Crippen LogP) is 0.248. The summed E-state index contributed by atoms with van der Waals surface area (Å²) >= 11 is 0. The molecule has 1 aliphatic rings. The topological polar surface area (TPSA) is 47.3 Å². The average Bonchev–Trinajstić information content (AvgIpc) is 1.94. The van der Waals surface area contributed by atoms with E-state index in [1.165, 1.54) is 0 Å². The summed E-state index contributed by atoms with van der Waals surface area (Å²) in [4.78, 5) is 4.87. The van der Waals surface area contributed by atoms with Gasteiger partial charge in [-0.15, -0.1) is 24.8 Å². The van der Waals surface area contributed by atoms with Gasteiger partial charge >= 0.3 is 0 Å². The zero-order valence-corrected chi connectivity index (χ0v) is 7.08. The Morgan fingerprint density at radius 3 is 2.90 bits per heavy atom. The van der Waals surface area contributed by atoms with Crippen molar-refractivity contribution < 1.29 is 4.84 Å². The van der Waals surface area contributed by atoms with Gasteiger partial charge in [0.15, 0.2) is 0 Å². The first-order chi connectivity index (χ1) is 3.89. The van der Waals surface area contributed by atoms with Gasteiger partial charge in [-0.05, 0) is 0 Å². The Hall–Kier alpha value is 0.200. The average molecular weight is 187 g/mol. The maximum atomic E-state index is 5.48. The van der Waals surface area contributed by atoms with Crippen LogP contribution in [0.4, 0.5) is 0 Å². The van der Waals surface area contributed by atoms with Gasteiger partial charge in [-0.2, -0.15) is 5.48 Å². The number of nitrogens with two attached hydrogens (primary N) is 1. The first-order valence-electron chi connectivity index (χ1n) is 2.66. The highest BCUT2D eigenvalue weighted by Crippen LogP contribution is 1.86. The van der Waals surface area contributed by atoms with Crippen LogP contribution in [0.5, 0.6) is 0 Å². The summed E-state index contributed by atoms with van der Waals surface area (Å²) in [6, 6.07) is 0.0602. The lowest BCUT2D eigenvalue weighted by Crippen LogP contribution is -2.25. The molecule has 0 fully saturated rings. The fraction of sp³-hybridized carbons (Fsp3) is 0.600. The van der Waals surface area contributed by atoms with Gasteiger partial charge in [0, 0.05) is 12.6 Å². The highest BCUT2D eigenvalue weighted by molar-refractivity contribution is 5.85. The molecule has 3 nitrogen and oxygen atoms in total. The third-order valence-corrected chi connectivity index (χ3v) is 0.962. The van der Waals surface area contributed by atoms with Gasteiger partial charge in [-0.3, -0.25) is 4.84 Å². The number of hydrogen-bond donors (Lipinski definition) is 2. The minimum Gasteiger partial charge on any atom is -0.322 e. The smallest absolute Gasteiger partial charge is 0.0869 e. The zero-order chi connectivity index (χ0) is 5.82. The summed E-state index contributed by atoms with van der Waals surface area (Å²) in [7, 11) is 0. The lowest BCUT2D eigenvalue weighted by atomic mass is 10.3. The van der Waals surface area contributed by atoms with Crippen molar-refractivity contribution in [2.75, 3.05) is 13.2 Å². The van der Waals surface area contributed by atoms with Crippen molar-refractivity contribution in [3.63, 3.8) is 0 Å². The summed E-state index contributed by atoms with van der Waals surface area (Å²) in [5, 5.41) is 0. The molecule has 1 heterocycles. The number of nitrogens with one attached hydrogen (secondary N) is 1. The standard InChI is InChI=1S/C5H10N2O.2ClH/c6-5-2-1-3-7-8-4-5;;/h1-2,5,7H,3-4,6H2;2*1H. The lowest BCUT2D eigenvalue weighted by molar-refractivity contribution is 0.0495. The SMILES string of the molecule is Cl.Cl.NC1C=CCNOC1. The van der Waals surface area contributed by atoms with E-state index in [-0.39, 0.29) is 30.9 Å². The molecule has 0 radical (unpaired) electrons. The van der Waals surface area contributed by atoms with Crippen molar-refractivity contribution in [1.82, 2.24) is 5.48 Å². The van der Waals surface area contributed by atoms with Crippen molar-refractivity contribution in [1.29, 1.82) is 0 Å². The van der Waals surface area contributed by atoms with Gasteiger partial charge in [-0.1, -0.05) is 12.2 Å². The van der Waals surface area contributed by atoms with E-state index in [0.717, 1.165) is 6.54 Å². The molecule has 1 atom stereocenters. The highest BCUT2D eigenvalue weighted by Gasteiger charge is 1.98. The van der Waals surface area contributed by atoms with Gasteiger partial charge < -0.3 is 5.73 Å². The van der Waals surface area contributed by atoms with E-state index < -0.39 is 0 Å². The maximum absolute atomic E-state index is 5.48. The molecule has 5 heteroatoms. The second-order valence-electron chi connectivity index (χ2n) is 1.75. The van der Waals surface area contributed by atoms with E-state index in [1.807, 2.05) is 12.2 Å². The van der Waals surface area contributed by atoms with Crippen molar-refractivity contribution >= 4 is 24.8 Å². The van der Waals surface area contributed by atoms with E-state index in [0.29, 0.717) is 6.61 Å². The molecule has 0 bridgehead atoms. The predicted molar refractivity (Wildman–Crippen MR) is 45.6 cm³/mol. The summed E-state index contributed by atoms with van der Waals surface area (Å²) < 4.78 is 0. The molecule has 0 amide bonds. The van der Waals surface area contributed by atoms with Crippen LogP contribution in [-0.4, -0.2) is 19.2 Å². The quantitative estimate of drug-likeness (QED) is 0.534. The monoisotopic (exact) mass is 186 g/mol. The Kier molecular flexibility index (Phi) is 9.38. The highest BCUT2D eigenvalue weighted by atomic mass is 35.5. The van der Waals surface area contributed by atoms with Crippen LogP contribution in [-0.2, 0) is 4.84 Å². The van der Waals surface area contributed by atoms with Gasteiger partial charge in [-0.25, -0.2) is 0 Å². The van der Waals surface area contributed by atoms with E-state index >= 15 is 0 Å². The third kappa shape index (κ3) is 5.02. The molecule has 0 aromatic rings. The number of halogens is 2. The van der Waals surface area contributed by atoms with Gasteiger partial charge in [0.05, 0.1) is 6.61 Å². The molecule has 10 heavy (non-hydrogen) atoms.